The molecule has 0 bridgehead atoms. The Morgan fingerprint density at radius 1 is 0.736 bits per heavy atom. The molecule has 0 spiro atoms. The molecule has 0 radical (unpaired) electrons. The number of para-hydroxylation sites is 1. The maximum absolute atomic E-state index is 14.9. The Hall–Kier alpha value is -4.79. The largest absolute Gasteiger partial charge is 0.514 e. The van der Waals surface area contributed by atoms with Crippen LogP contribution < -0.4 is 14.8 Å². The number of halogens is 10. The van der Waals surface area contributed by atoms with Gasteiger partial charge in [-0.3, -0.25) is 0 Å². The van der Waals surface area contributed by atoms with E-state index in [1.165, 1.54) is 20.1 Å². The van der Waals surface area contributed by atoms with Crippen LogP contribution in [0, 0.1) is 19.7 Å². The van der Waals surface area contributed by atoms with E-state index in [0.717, 1.165) is 24.3 Å². The summed E-state index contributed by atoms with van der Waals surface area (Å²) in [7, 11) is 1.24. The number of ether oxygens (including phenoxy) is 3. The lowest BCUT2D eigenvalue weighted by atomic mass is 9.92. The van der Waals surface area contributed by atoms with Gasteiger partial charge < -0.3 is 19.5 Å². The summed E-state index contributed by atoms with van der Waals surface area (Å²) in [5, 5.41) is 2.80. The van der Waals surface area contributed by atoms with E-state index in [9.17, 15) is 48.7 Å². The zero-order valence-electron chi connectivity index (χ0n) is 29.2. The number of methoxy groups -OCH3 is 1. The van der Waals surface area contributed by atoms with Gasteiger partial charge in [0.05, 0.1) is 23.8 Å². The van der Waals surface area contributed by atoms with Crippen LogP contribution in [0.25, 0.3) is 11.1 Å². The Labute approximate surface area is 298 Å². The molecular formula is C38H35F10NO4. The molecule has 1 N–H and O–H groups in total. The molecule has 0 saturated carbocycles. The van der Waals surface area contributed by atoms with Crippen LogP contribution in [0.15, 0.2) is 66.7 Å². The molecule has 0 aliphatic rings. The predicted octanol–water partition coefficient (Wildman–Crippen LogP) is 11.7. The summed E-state index contributed by atoms with van der Waals surface area (Å²) in [6.07, 6.45) is -18.7. The third kappa shape index (κ3) is 9.80. The lowest BCUT2D eigenvalue weighted by Crippen LogP contribution is -2.35. The Balaban J connectivity index is 1.82. The van der Waals surface area contributed by atoms with E-state index in [1.54, 1.807) is 45.9 Å². The number of hydrogen-bond acceptors (Lipinski definition) is 5. The average Bonchev–Trinajstić information content (AvgIpc) is 3.06. The van der Waals surface area contributed by atoms with E-state index >= 15 is 0 Å². The first-order valence-electron chi connectivity index (χ1n) is 16.1. The van der Waals surface area contributed by atoms with Crippen LogP contribution in [0.2, 0.25) is 0 Å². The molecule has 4 rings (SSSR count). The lowest BCUT2D eigenvalue weighted by molar-refractivity contribution is -0.143. The molecule has 0 unspecified atom stereocenters. The van der Waals surface area contributed by atoms with Gasteiger partial charge in [-0.1, -0.05) is 38.1 Å². The molecule has 286 valence electrons. The van der Waals surface area contributed by atoms with Crippen LogP contribution in [-0.2, 0) is 29.8 Å². The van der Waals surface area contributed by atoms with E-state index in [1.807, 2.05) is 0 Å². The lowest BCUT2D eigenvalue weighted by Gasteiger charge is -2.27. The van der Waals surface area contributed by atoms with Gasteiger partial charge >= 0.3 is 24.7 Å². The predicted molar refractivity (Wildman–Crippen MR) is 176 cm³/mol. The first-order valence-corrected chi connectivity index (χ1v) is 16.1. The molecule has 4 aromatic carbocycles. The van der Waals surface area contributed by atoms with Crippen molar-refractivity contribution in [3.63, 3.8) is 0 Å². The maximum atomic E-state index is 14.9. The number of nitrogens with one attached hydrogen (secondary N) is 1. The second-order valence-electron chi connectivity index (χ2n) is 12.7. The van der Waals surface area contributed by atoms with Crippen molar-refractivity contribution in [2.75, 3.05) is 7.11 Å². The molecule has 4 aromatic rings. The van der Waals surface area contributed by atoms with Gasteiger partial charge in [0.25, 0.3) is 0 Å². The summed E-state index contributed by atoms with van der Waals surface area (Å²) < 4.78 is 156. The number of alkyl halides is 9. The van der Waals surface area contributed by atoms with Crippen LogP contribution in [0.5, 0.6) is 11.5 Å². The van der Waals surface area contributed by atoms with E-state index in [4.69, 9.17) is 14.2 Å². The molecular weight excluding hydrogens is 724 g/mol. The molecule has 0 fully saturated rings. The minimum absolute atomic E-state index is 0.0138. The molecule has 0 heterocycles. The van der Waals surface area contributed by atoms with Crippen molar-refractivity contribution in [2.24, 2.45) is 0 Å². The highest BCUT2D eigenvalue weighted by Gasteiger charge is 2.39. The highest BCUT2D eigenvalue weighted by molar-refractivity contribution is 5.75. The molecule has 0 aliphatic heterocycles. The van der Waals surface area contributed by atoms with Gasteiger partial charge in [0.15, 0.2) is 0 Å². The zero-order valence-corrected chi connectivity index (χ0v) is 29.2. The minimum Gasteiger partial charge on any atom is -0.496 e. The SMILES string of the molecule is COc1cc(F)c(C(C)C)cc1-c1ccc(C(F)(F)F)cc1CN[C@@H](C)[C@H](OC(=O)Oc1c(C)cccc1C)c1cc(C(F)(F)F)cc(C(F)(F)F)c1. The monoisotopic (exact) mass is 759 g/mol. The Kier molecular flexibility index (Phi) is 12.1. The van der Waals surface area contributed by atoms with Gasteiger partial charge in [-0.15, -0.1) is 0 Å². The third-order valence-electron chi connectivity index (χ3n) is 8.49. The van der Waals surface area contributed by atoms with Crippen LogP contribution in [-0.4, -0.2) is 19.3 Å². The molecule has 15 heteroatoms. The molecule has 53 heavy (non-hydrogen) atoms. The van der Waals surface area contributed by atoms with E-state index < -0.39 is 71.4 Å². The van der Waals surface area contributed by atoms with Gasteiger partial charge in [-0.2, -0.15) is 39.5 Å². The van der Waals surface area contributed by atoms with Crippen LogP contribution in [0.1, 0.15) is 77.3 Å². The first-order chi connectivity index (χ1) is 24.5. The fraction of sp³-hybridized carbons (Fsp3) is 0.342. The van der Waals surface area contributed by atoms with E-state index in [-0.39, 0.29) is 45.7 Å². The first kappa shape index (κ1) is 41.0. The molecule has 0 aliphatic carbocycles. The quantitative estimate of drug-likeness (QED) is 0.0991. The van der Waals surface area contributed by atoms with E-state index in [0.29, 0.717) is 23.3 Å². The Morgan fingerprint density at radius 2 is 1.30 bits per heavy atom. The van der Waals surface area contributed by atoms with Gasteiger partial charge in [-0.05, 0) is 96.5 Å². The number of benzene rings is 4. The van der Waals surface area contributed by atoms with E-state index in [2.05, 4.69) is 5.32 Å². The van der Waals surface area contributed by atoms with Gasteiger partial charge in [0.2, 0.25) is 0 Å². The van der Waals surface area contributed by atoms with Gasteiger partial charge in [-0.25, -0.2) is 9.18 Å². The third-order valence-corrected chi connectivity index (χ3v) is 8.49. The second kappa shape index (κ2) is 15.7. The van der Waals surface area contributed by atoms with Crippen molar-refractivity contribution in [1.29, 1.82) is 0 Å². The van der Waals surface area contributed by atoms with Crippen molar-refractivity contribution in [3.8, 4) is 22.6 Å². The normalized spacial score (nSPS) is 13.5. The summed E-state index contributed by atoms with van der Waals surface area (Å²) in [6.45, 7) is 7.35. The standard InChI is InChI=1S/C38H35F10NO4/c1-19(2)29-16-30(32(51-6)17-31(29)39)28-11-10-25(36(40,41)42)14-24(28)18-49-22(5)34(53-35(50)52-33-20(3)8-7-9-21(33)4)23-12-26(37(43,44)45)15-27(13-23)38(46,47)48/h7-17,19,22,34,49H,18H2,1-6H3/t22-,34-/m0/s1. The maximum Gasteiger partial charge on any atom is 0.514 e. The Bertz CT molecular complexity index is 1900. The zero-order chi connectivity index (χ0) is 39.6. The van der Waals surface area contributed by atoms with Crippen LogP contribution in [0.3, 0.4) is 0 Å². The highest BCUT2D eigenvalue weighted by Crippen LogP contribution is 2.41. The number of rotatable bonds is 10. The summed E-state index contributed by atoms with van der Waals surface area (Å²) in [5.74, 6) is -0.932. The van der Waals surface area contributed by atoms with Crippen molar-refractivity contribution in [1.82, 2.24) is 5.32 Å². The summed E-state index contributed by atoms with van der Waals surface area (Å²) >= 11 is 0. The number of carbonyl (C=O) groups is 1. The number of aryl methyl sites for hydroxylation is 2. The summed E-state index contributed by atoms with van der Waals surface area (Å²) in [4.78, 5) is 13.1. The molecule has 5 nitrogen and oxygen atoms in total. The van der Waals surface area contributed by atoms with Crippen LogP contribution in [0.4, 0.5) is 48.7 Å². The molecule has 2 atom stereocenters. The highest BCUT2D eigenvalue weighted by atomic mass is 19.4. The van der Waals surface area contributed by atoms with Crippen LogP contribution >= 0.6 is 0 Å². The molecule has 0 saturated heterocycles. The fourth-order valence-corrected chi connectivity index (χ4v) is 5.72. The number of hydrogen-bond donors (Lipinski definition) is 1. The van der Waals surface area contributed by atoms with Crippen molar-refractivity contribution >= 4 is 6.16 Å². The molecule has 0 amide bonds. The summed E-state index contributed by atoms with van der Waals surface area (Å²) in [5.41, 5.74) is -3.68. The smallest absolute Gasteiger partial charge is 0.496 e. The van der Waals surface area contributed by atoms with Gasteiger partial charge in [0, 0.05) is 24.2 Å². The summed E-state index contributed by atoms with van der Waals surface area (Å²) in [6, 6.07) is 9.41. The van der Waals surface area contributed by atoms with Crippen molar-refractivity contribution < 1.29 is 62.9 Å². The van der Waals surface area contributed by atoms with Crippen molar-refractivity contribution in [3.05, 3.63) is 117 Å². The average molecular weight is 760 g/mol. The van der Waals surface area contributed by atoms with Gasteiger partial charge in [0.1, 0.15) is 23.4 Å². The second-order valence-corrected chi connectivity index (χ2v) is 12.7. The molecule has 0 aromatic heterocycles. The Morgan fingerprint density at radius 3 is 1.81 bits per heavy atom. The van der Waals surface area contributed by atoms with Crippen molar-refractivity contribution in [2.45, 2.75) is 77.8 Å². The number of carbonyl (C=O) groups excluding carboxylic acids is 1. The fourth-order valence-electron chi connectivity index (χ4n) is 5.72. The topological polar surface area (TPSA) is 56.8 Å². The minimum atomic E-state index is -5.24.